The van der Waals surface area contributed by atoms with E-state index in [2.05, 4.69) is 10.6 Å². The molecule has 1 fully saturated rings. The lowest BCUT2D eigenvalue weighted by Gasteiger charge is -2.17. The van der Waals surface area contributed by atoms with Gasteiger partial charge in [-0.2, -0.15) is 13.2 Å². The molecule has 3 amide bonds. The number of benzene rings is 2. The van der Waals surface area contributed by atoms with E-state index >= 15 is 0 Å². The third-order valence-corrected chi connectivity index (χ3v) is 4.21. The van der Waals surface area contributed by atoms with Crippen LogP contribution in [-0.4, -0.2) is 29.4 Å². The number of carbonyl (C=O) groups is 2. The average molecular weight is 377 g/mol. The molecule has 0 aliphatic carbocycles. The van der Waals surface area contributed by atoms with Crippen LogP contribution in [0.2, 0.25) is 0 Å². The summed E-state index contributed by atoms with van der Waals surface area (Å²) in [4.78, 5) is 25.8. The van der Waals surface area contributed by atoms with Gasteiger partial charge < -0.3 is 15.5 Å². The molecule has 0 radical (unpaired) electrons. The summed E-state index contributed by atoms with van der Waals surface area (Å²) in [6, 6.07) is 12.8. The smallest absolute Gasteiger partial charge is 0.336 e. The van der Waals surface area contributed by atoms with E-state index in [1.165, 1.54) is 12.1 Å². The SMILES string of the molecule is O=C(Nc1cccc(C(F)(F)F)c1)NC1CC(=O)N(Cc2ccccc2)C1. The Morgan fingerprint density at radius 3 is 2.56 bits per heavy atom. The van der Waals surface area contributed by atoms with Crippen molar-refractivity contribution in [1.82, 2.24) is 10.2 Å². The van der Waals surface area contributed by atoms with Crippen LogP contribution in [-0.2, 0) is 17.5 Å². The Balaban J connectivity index is 1.55. The second-order valence-corrected chi connectivity index (χ2v) is 6.34. The number of urea groups is 1. The van der Waals surface area contributed by atoms with Crippen LogP contribution in [0.1, 0.15) is 17.5 Å². The number of hydrogen-bond acceptors (Lipinski definition) is 2. The van der Waals surface area contributed by atoms with Gasteiger partial charge in [-0.3, -0.25) is 4.79 Å². The monoisotopic (exact) mass is 377 g/mol. The molecule has 1 unspecified atom stereocenters. The Labute approximate surface area is 154 Å². The van der Waals surface area contributed by atoms with Gasteiger partial charge >= 0.3 is 12.2 Å². The normalized spacial score (nSPS) is 17.1. The number of amides is 3. The Morgan fingerprint density at radius 2 is 1.85 bits per heavy atom. The molecule has 1 aliphatic heterocycles. The number of carbonyl (C=O) groups excluding carboxylic acids is 2. The fourth-order valence-corrected chi connectivity index (χ4v) is 2.95. The third kappa shape index (κ3) is 4.99. The number of anilines is 1. The maximum atomic E-state index is 12.7. The summed E-state index contributed by atoms with van der Waals surface area (Å²) in [5.41, 5.74) is 0.179. The van der Waals surface area contributed by atoms with Crippen LogP contribution in [0.5, 0.6) is 0 Å². The molecule has 2 N–H and O–H groups in total. The van der Waals surface area contributed by atoms with Crippen LogP contribution < -0.4 is 10.6 Å². The van der Waals surface area contributed by atoms with Gasteiger partial charge in [0, 0.05) is 25.2 Å². The molecule has 2 aromatic rings. The second-order valence-electron chi connectivity index (χ2n) is 6.34. The molecule has 1 atom stereocenters. The summed E-state index contributed by atoms with van der Waals surface area (Å²) in [6.07, 6.45) is -4.33. The van der Waals surface area contributed by atoms with Gasteiger partial charge in [0.25, 0.3) is 0 Å². The van der Waals surface area contributed by atoms with Crippen molar-refractivity contribution in [3.8, 4) is 0 Å². The van der Waals surface area contributed by atoms with Crippen molar-refractivity contribution in [2.75, 3.05) is 11.9 Å². The number of halogens is 3. The molecular weight excluding hydrogens is 359 g/mol. The molecular formula is C19H18F3N3O2. The molecule has 1 heterocycles. The molecule has 0 saturated carbocycles. The van der Waals surface area contributed by atoms with Crippen LogP contribution >= 0.6 is 0 Å². The topological polar surface area (TPSA) is 61.4 Å². The molecule has 0 bridgehead atoms. The van der Waals surface area contributed by atoms with Gasteiger partial charge in [0.05, 0.1) is 11.6 Å². The molecule has 0 spiro atoms. The standard InChI is InChI=1S/C19H18F3N3O2/c20-19(21,22)14-7-4-8-15(9-14)23-18(27)24-16-10-17(26)25(12-16)11-13-5-2-1-3-6-13/h1-9,16H,10-12H2,(H2,23,24,27). The second kappa shape index (κ2) is 7.69. The lowest BCUT2D eigenvalue weighted by molar-refractivity contribution is -0.137. The van der Waals surface area contributed by atoms with Crippen LogP contribution in [0.4, 0.5) is 23.7 Å². The summed E-state index contributed by atoms with van der Waals surface area (Å²) < 4.78 is 38.2. The molecule has 3 rings (SSSR count). The Hall–Kier alpha value is -3.03. The number of nitrogens with zero attached hydrogens (tertiary/aromatic N) is 1. The highest BCUT2D eigenvalue weighted by Gasteiger charge is 2.32. The quantitative estimate of drug-likeness (QED) is 0.855. The predicted octanol–water partition coefficient (Wildman–Crippen LogP) is 3.63. The van der Waals surface area contributed by atoms with Crippen molar-refractivity contribution in [2.24, 2.45) is 0 Å². The molecule has 8 heteroatoms. The Bertz CT molecular complexity index is 824. The lowest BCUT2D eigenvalue weighted by Crippen LogP contribution is -2.39. The molecule has 0 aromatic heterocycles. The highest BCUT2D eigenvalue weighted by molar-refractivity contribution is 5.90. The molecule has 2 aromatic carbocycles. The highest BCUT2D eigenvalue weighted by atomic mass is 19.4. The zero-order valence-electron chi connectivity index (χ0n) is 14.3. The molecule has 142 valence electrons. The van der Waals surface area contributed by atoms with Crippen molar-refractivity contribution in [1.29, 1.82) is 0 Å². The van der Waals surface area contributed by atoms with Crippen LogP contribution in [0.15, 0.2) is 54.6 Å². The average Bonchev–Trinajstić information content (AvgIpc) is 2.94. The van der Waals surface area contributed by atoms with E-state index in [0.29, 0.717) is 13.1 Å². The number of likely N-dealkylation sites (tertiary alicyclic amines) is 1. The van der Waals surface area contributed by atoms with Crippen molar-refractivity contribution in [2.45, 2.75) is 25.2 Å². The van der Waals surface area contributed by atoms with Gasteiger partial charge in [-0.05, 0) is 23.8 Å². The summed E-state index contributed by atoms with van der Waals surface area (Å²) in [5.74, 6) is -0.0804. The minimum Gasteiger partial charge on any atom is -0.336 e. The van der Waals surface area contributed by atoms with E-state index in [1.54, 1.807) is 4.90 Å². The van der Waals surface area contributed by atoms with Crippen LogP contribution in [0.25, 0.3) is 0 Å². The van der Waals surface area contributed by atoms with E-state index in [4.69, 9.17) is 0 Å². The van der Waals surface area contributed by atoms with E-state index in [9.17, 15) is 22.8 Å². The lowest BCUT2D eigenvalue weighted by atomic mass is 10.2. The zero-order valence-corrected chi connectivity index (χ0v) is 14.3. The minimum atomic E-state index is -4.48. The molecule has 1 saturated heterocycles. The third-order valence-electron chi connectivity index (χ3n) is 4.21. The maximum absolute atomic E-state index is 12.7. The number of rotatable bonds is 4. The maximum Gasteiger partial charge on any atom is 0.416 e. The van der Waals surface area contributed by atoms with E-state index in [1.807, 2.05) is 30.3 Å². The summed E-state index contributed by atoms with van der Waals surface area (Å²) in [5, 5.41) is 5.02. The Morgan fingerprint density at radius 1 is 1.11 bits per heavy atom. The minimum absolute atomic E-state index is 0.0350. The van der Waals surface area contributed by atoms with Crippen molar-refractivity contribution >= 4 is 17.6 Å². The Kier molecular flexibility index (Phi) is 5.34. The van der Waals surface area contributed by atoms with E-state index < -0.39 is 23.8 Å². The van der Waals surface area contributed by atoms with E-state index in [0.717, 1.165) is 17.7 Å². The fraction of sp³-hybridized carbons (Fsp3) is 0.263. The molecule has 1 aliphatic rings. The predicted molar refractivity (Wildman–Crippen MR) is 93.9 cm³/mol. The summed E-state index contributed by atoms with van der Waals surface area (Å²) >= 11 is 0. The van der Waals surface area contributed by atoms with Gasteiger partial charge in [-0.25, -0.2) is 4.79 Å². The van der Waals surface area contributed by atoms with E-state index in [-0.39, 0.29) is 18.0 Å². The number of nitrogens with one attached hydrogen (secondary N) is 2. The largest absolute Gasteiger partial charge is 0.416 e. The zero-order chi connectivity index (χ0) is 19.4. The van der Waals surface area contributed by atoms with Crippen molar-refractivity contribution < 1.29 is 22.8 Å². The summed E-state index contributed by atoms with van der Waals surface area (Å²) in [6.45, 7) is 0.802. The molecule has 5 nitrogen and oxygen atoms in total. The first-order valence-corrected chi connectivity index (χ1v) is 8.38. The number of alkyl halides is 3. The van der Waals surface area contributed by atoms with Gasteiger partial charge in [-0.1, -0.05) is 36.4 Å². The first-order chi connectivity index (χ1) is 12.8. The number of hydrogen-bond donors (Lipinski definition) is 2. The van der Waals surface area contributed by atoms with Gasteiger partial charge in [-0.15, -0.1) is 0 Å². The first kappa shape index (κ1) is 18.8. The van der Waals surface area contributed by atoms with Gasteiger partial charge in [0.2, 0.25) is 5.91 Å². The van der Waals surface area contributed by atoms with Crippen molar-refractivity contribution in [3.63, 3.8) is 0 Å². The van der Waals surface area contributed by atoms with Gasteiger partial charge in [0.1, 0.15) is 0 Å². The van der Waals surface area contributed by atoms with Crippen molar-refractivity contribution in [3.05, 3.63) is 65.7 Å². The first-order valence-electron chi connectivity index (χ1n) is 8.38. The van der Waals surface area contributed by atoms with Crippen LogP contribution in [0.3, 0.4) is 0 Å². The van der Waals surface area contributed by atoms with Gasteiger partial charge in [0.15, 0.2) is 0 Å². The highest BCUT2D eigenvalue weighted by Crippen LogP contribution is 2.30. The fourth-order valence-electron chi connectivity index (χ4n) is 2.95. The summed E-state index contributed by atoms with van der Waals surface area (Å²) in [7, 11) is 0. The molecule has 27 heavy (non-hydrogen) atoms. The van der Waals surface area contributed by atoms with Crippen LogP contribution in [0, 0.1) is 0 Å².